The first kappa shape index (κ1) is 18.6. The van der Waals surface area contributed by atoms with Crippen molar-refractivity contribution in [1.82, 2.24) is 15.3 Å². The molecular formula is C23H19N3O3. The smallest absolute Gasteiger partial charge is 0.328 e. The molecule has 144 valence electrons. The Labute approximate surface area is 167 Å². The van der Waals surface area contributed by atoms with Crippen LogP contribution in [0.1, 0.15) is 16.1 Å². The molecule has 0 fully saturated rings. The number of para-hydroxylation sites is 2. The van der Waals surface area contributed by atoms with Gasteiger partial charge in [-0.3, -0.25) is 9.78 Å². The van der Waals surface area contributed by atoms with Gasteiger partial charge in [0.2, 0.25) is 0 Å². The number of nitrogens with zero attached hydrogens (tertiary/aromatic N) is 2. The van der Waals surface area contributed by atoms with Gasteiger partial charge >= 0.3 is 5.97 Å². The summed E-state index contributed by atoms with van der Waals surface area (Å²) in [6, 6.07) is 19.8. The maximum absolute atomic E-state index is 12.8. The van der Waals surface area contributed by atoms with E-state index in [0.717, 1.165) is 21.8 Å². The van der Waals surface area contributed by atoms with Gasteiger partial charge in [0.15, 0.2) is 0 Å². The number of ether oxygens (including phenoxy) is 1. The minimum atomic E-state index is -0.866. The summed E-state index contributed by atoms with van der Waals surface area (Å²) in [4.78, 5) is 33.9. The zero-order valence-corrected chi connectivity index (χ0v) is 15.8. The molecule has 1 N–H and O–H groups in total. The van der Waals surface area contributed by atoms with E-state index in [0.29, 0.717) is 11.3 Å². The molecule has 0 aliphatic carbocycles. The van der Waals surface area contributed by atoms with Crippen LogP contribution >= 0.6 is 0 Å². The number of rotatable bonds is 5. The average Bonchev–Trinajstić information content (AvgIpc) is 2.77. The fourth-order valence-corrected chi connectivity index (χ4v) is 3.21. The number of hydrogen-bond donors (Lipinski definition) is 1. The van der Waals surface area contributed by atoms with E-state index in [9.17, 15) is 9.59 Å². The number of amides is 1. The molecule has 0 aliphatic rings. The van der Waals surface area contributed by atoms with Crippen LogP contribution in [-0.4, -0.2) is 35.0 Å². The van der Waals surface area contributed by atoms with Gasteiger partial charge in [-0.15, -0.1) is 0 Å². The van der Waals surface area contributed by atoms with Gasteiger partial charge in [-0.05, 0) is 35.0 Å². The van der Waals surface area contributed by atoms with E-state index in [-0.39, 0.29) is 12.3 Å². The minimum Gasteiger partial charge on any atom is -0.467 e. The molecule has 1 amide bonds. The van der Waals surface area contributed by atoms with Crippen LogP contribution in [0.25, 0.3) is 21.8 Å². The summed E-state index contributed by atoms with van der Waals surface area (Å²) in [5.74, 6) is -0.881. The highest BCUT2D eigenvalue weighted by atomic mass is 16.5. The lowest BCUT2D eigenvalue weighted by molar-refractivity contribution is -0.142. The fourth-order valence-electron chi connectivity index (χ4n) is 3.21. The number of fused-ring (bicyclic) bond motifs is 2. The van der Waals surface area contributed by atoms with Crippen LogP contribution in [0.5, 0.6) is 0 Å². The molecular weight excluding hydrogens is 366 g/mol. The first-order valence-electron chi connectivity index (χ1n) is 9.22. The van der Waals surface area contributed by atoms with Crippen molar-refractivity contribution in [3.63, 3.8) is 0 Å². The van der Waals surface area contributed by atoms with Crippen LogP contribution in [0.2, 0.25) is 0 Å². The Balaban J connectivity index is 1.57. The van der Waals surface area contributed by atoms with E-state index in [1.165, 1.54) is 7.11 Å². The second-order valence-corrected chi connectivity index (χ2v) is 6.67. The summed E-state index contributed by atoms with van der Waals surface area (Å²) in [5.41, 5.74) is 2.57. The van der Waals surface area contributed by atoms with Crippen LogP contribution < -0.4 is 5.32 Å². The van der Waals surface area contributed by atoms with Crippen LogP contribution in [0.3, 0.4) is 0 Å². The third-order valence-corrected chi connectivity index (χ3v) is 4.71. The first-order valence-corrected chi connectivity index (χ1v) is 9.22. The summed E-state index contributed by atoms with van der Waals surface area (Å²) in [6.07, 6.45) is 1.80. The predicted octanol–water partition coefficient (Wildman–Crippen LogP) is 3.30. The molecule has 0 unspecified atom stereocenters. The van der Waals surface area contributed by atoms with Gasteiger partial charge in [0, 0.05) is 18.2 Å². The lowest BCUT2D eigenvalue weighted by Gasteiger charge is -2.16. The third kappa shape index (κ3) is 4.06. The zero-order chi connectivity index (χ0) is 20.2. The summed E-state index contributed by atoms with van der Waals surface area (Å²) >= 11 is 0. The van der Waals surface area contributed by atoms with Crippen molar-refractivity contribution in [2.24, 2.45) is 0 Å². The van der Waals surface area contributed by atoms with E-state index < -0.39 is 12.0 Å². The molecule has 0 saturated heterocycles. The summed E-state index contributed by atoms with van der Waals surface area (Å²) < 4.78 is 4.88. The van der Waals surface area contributed by atoms with Crippen molar-refractivity contribution in [2.75, 3.05) is 7.11 Å². The Morgan fingerprint density at radius 2 is 1.69 bits per heavy atom. The normalized spacial score (nSPS) is 11.9. The molecule has 6 nitrogen and oxygen atoms in total. The Bertz CT molecular complexity index is 1210. The number of carbonyl (C=O) groups is 2. The Morgan fingerprint density at radius 3 is 2.48 bits per heavy atom. The topological polar surface area (TPSA) is 81.2 Å². The van der Waals surface area contributed by atoms with Gasteiger partial charge in [-0.1, -0.05) is 42.5 Å². The molecule has 29 heavy (non-hydrogen) atoms. The largest absolute Gasteiger partial charge is 0.467 e. The van der Waals surface area contributed by atoms with Crippen molar-refractivity contribution >= 4 is 33.7 Å². The second kappa shape index (κ2) is 8.06. The summed E-state index contributed by atoms with van der Waals surface area (Å²) in [6.45, 7) is 0. The molecule has 0 radical (unpaired) electrons. The monoisotopic (exact) mass is 385 g/mol. The van der Waals surface area contributed by atoms with E-state index in [1.54, 1.807) is 18.3 Å². The molecule has 4 aromatic rings. The first-order chi connectivity index (χ1) is 14.1. The molecule has 0 saturated carbocycles. The Hall–Kier alpha value is -3.80. The molecule has 1 atom stereocenters. The lowest BCUT2D eigenvalue weighted by atomic mass is 10.1. The molecule has 3 aromatic carbocycles. The number of aromatic nitrogens is 2. The molecule has 1 aromatic heterocycles. The Kier molecular flexibility index (Phi) is 5.16. The minimum absolute atomic E-state index is 0.184. The van der Waals surface area contributed by atoms with Gasteiger partial charge in [0.25, 0.3) is 5.91 Å². The standard InChI is InChI=1S/C23H19N3O3/c1-29-23(28)21(13-18-14-24-19-8-4-5-9-20(19)25-18)26-22(27)17-11-10-15-6-2-3-7-16(15)12-17/h2-12,14,21H,13H2,1H3,(H,26,27)/t21-/m1/s1. The van der Waals surface area contributed by atoms with Gasteiger partial charge in [0.1, 0.15) is 6.04 Å². The van der Waals surface area contributed by atoms with Gasteiger partial charge < -0.3 is 10.1 Å². The molecule has 0 spiro atoms. The van der Waals surface area contributed by atoms with E-state index in [4.69, 9.17) is 4.74 Å². The highest BCUT2D eigenvalue weighted by Crippen LogP contribution is 2.16. The SMILES string of the molecule is COC(=O)[C@@H](Cc1cnc2ccccc2n1)NC(=O)c1ccc2ccccc2c1. The van der Waals surface area contributed by atoms with Crippen molar-refractivity contribution < 1.29 is 14.3 Å². The summed E-state index contributed by atoms with van der Waals surface area (Å²) in [5, 5.41) is 4.76. The highest BCUT2D eigenvalue weighted by molar-refractivity contribution is 6.00. The van der Waals surface area contributed by atoms with Crippen LogP contribution in [-0.2, 0) is 16.0 Å². The zero-order valence-electron chi connectivity index (χ0n) is 15.8. The highest BCUT2D eigenvalue weighted by Gasteiger charge is 2.23. The lowest BCUT2D eigenvalue weighted by Crippen LogP contribution is -2.43. The second-order valence-electron chi connectivity index (χ2n) is 6.67. The van der Waals surface area contributed by atoms with Crippen molar-refractivity contribution in [1.29, 1.82) is 0 Å². The summed E-state index contributed by atoms with van der Waals surface area (Å²) in [7, 11) is 1.30. The maximum Gasteiger partial charge on any atom is 0.328 e. The van der Waals surface area contributed by atoms with Crippen molar-refractivity contribution in [2.45, 2.75) is 12.5 Å². The average molecular weight is 385 g/mol. The molecule has 4 rings (SSSR count). The molecule has 0 bridgehead atoms. The number of esters is 1. The van der Waals surface area contributed by atoms with Crippen molar-refractivity contribution in [3.8, 4) is 0 Å². The van der Waals surface area contributed by atoms with E-state index in [2.05, 4.69) is 15.3 Å². The maximum atomic E-state index is 12.8. The van der Waals surface area contributed by atoms with Crippen LogP contribution in [0, 0.1) is 0 Å². The molecule has 1 heterocycles. The number of benzene rings is 3. The predicted molar refractivity (Wildman–Crippen MR) is 110 cm³/mol. The fraction of sp³-hybridized carbons (Fsp3) is 0.130. The Morgan fingerprint density at radius 1 is 0.966 bits per heavy atom. The number of methoxy groups -OCH3 is 1. The van der Waals surface area contributed by atoms with E-state index in [1.807, 2.05) is 54.6 Å². The van der Waals surface area contributed by atoms with Gasteiger partial charge in [-0.2, -0.15) is 0 Å². The number of nitrogens with one attached hydrogen (secondary N) is 1. The van der Waals surface area contributed by atoms with Gasteiger partial charge in [-0.25, -0.2) is 9.78 Å². The molecule has 6 heteroatoms. The quantitative estimate of drug-likeness (QED) is 0.533. The third-order valence-electron chi connectivity index (χ3n) is 4.71. The molecule has 0 aliphatic heterocycles. The van der Waals surface area contributed by atoms with Crippen LogP contribution in [0.4, 0.5) is 0 Å². The van der Waals surface area contributed by atoms with Crippen molar-refractivity contribution in [3.05, 3.63) is 84.2 Å². The number of hydrogen-bond acceptors (Lipinski definition) is 5. The van der Waals surface area contributed by atoms with E-state index >= 15 is 0 Å². The van der Waals surface area contributed by atoms with Crippen LogP contribution in [0.15, 0.2) is 72.9 Å². The number of carbonyl (C=O) groups excluding carboxylic acids is 2. The van der Waals surface area contributed by atoms with Gasteiger partial charge in [0.05, 0.1) is 23.8 Å².